The average molecular weight is 264 g/mol. The number of nitrogens with zero attached hydrogens (tertiary/aromatic N) is 1. The van der Waals surface area contributed by atoms with Gasteiger partial charge in [0.2, 0.25) is 0 Å². The van der Waals surface area contributed by atoms with Crippen LogP contribution in [-0.4, -0.2) is 19.1 Å². The number of anilines is 1. The van der Waals surface area contributed by atoms with Gasteiger partial charge in [0.1, 0.15) is 5.82 Å². The van der Waals surface area contributed by atoms with Gasteiger partial charge in [-0.1, -0.05) is 27.2 Å². The summed E-state index contributed by atoms with van der Waals surface area (Å²) in [7, 11) is 0. The number of hydrogen-bond donors (Lipinski definition) is 1. The molecule has 1 aliphatic heterocycles. The molecule has 106 valence electrons. The van der Waals surface area contributed by atoms with Gasteiger partial charge in [-0.25, -0.2) is 4.39 Å². The lowest BCUT2D eigenvalue weighted by Gasteiger charge is -2.23. The third kappa shape index (κ3) is 3.69. The van der Waals surface area contributed by atoms with Crippen LogP contribution in [0.25, 0.3) is 0 Å². The van der Waals surface area contributed by atoms with Gasteiger partial charge in [0.25, 0.3) is 0 Å². The molecule has 1 aromatic rings. The van der Waals surface area contributed by atoms with Crippen LogP contribution in [0.15, 0.2) is 18.2 Å². The SMILES string of the molecule is CCC1CCN(c2ccc(F)cc2CNC(C)C)C1. The third-order valence-corrected chi connectivity index (χ3v) is 3.95. The van der Waals surface area contributed by atoms with Gasteiger partial charge in [-0.05, 0) is 36.1 Å². The molecule has 0 spiro atoms. The van der Waals surface area contributed by atoms with Crippen molar-refractivity contribution in [2.45, 2.75) is 46.2 Å². The molecular weight excluding hydrogens is 239 g/mol. The minimum Gasteiger partial charge on any atom is -0.371 e. The number of benzene rings is 1. The zero-order valence-electron chi connectivity index (χ0n) is 12.2. The first kappa shape index (κ1) is 14.3. The van der Waals surface area contributed by atoms with Crippen molar-refractivity contribution >= 4 is 5.69 Å². The maximum atomic E-state index is 13.5. The molecule has 1 fully saturated rings. The summed E-state index contributed by atoms with van der Waals surface area (Å²) in [5.74, 6) is 0.645. The smallest absolute Gasteiger partial charge is 0.123 e. The van der Waals surface area contributed by atoms with Crippen LogP contribution in [0.5, 0.6) is 0 Å². The molecule has 0 aromatic heterocycles. The summed E-state index contributed by atoms with van der Waals surface area (Å²) >= 11 is 0. The topological polar surface area (TPSA) is 15.3 Å². The third-order valence-electron chi connectivity index (χ3n) is 3.95. The molecule has 19 heavy (non-hydrogen) atoms. The first-order valence-corrected chi connectivity index (χ1v) is 7.37. The first-order chi connectivity index (χ1) is 9.10. The zero-order chi connectivity index (χ0) is 13.8. The molecule has 1 aromatic carbocycles. The summed E-state index contributed by atoms with van der Waals surface area (Å²) in [6, 6.07) is 5.60. The molecule has 1 atom stereocenters. The predicted molar refractivity (Wildman–Crippen MR) is 79.0 cm³/mol. The van der Waals surface area contributed by atoms with E-state index < -0.39 is 0 Å². The summed E-state index contributed by atoms with van der Waals surface area (Å²) in [5, 5.41) is 3.38. The number of hydrogen-bond acceptors (Lipinski definition) is 2. The average Bonchev–Trinajstić information content (AvgIpc) is 2.85. The second-order valence-electron chi connectivity index (χ2n) is 5.82. The van der Waals surface area contributed by atoms with Crippen molar-refractivity contribution in [2.75, 3.05) is 18.0 Å². The standard InChI is InChI=1S/C16H25FN2/c1-4-13-7-8-19(11-13)16-6-5-15(17)9-14(16)10-18-12(2)3/h5-6,9,12-13,18H,4,7-8,10-11H2,1-3H3. The van der Waals surface area contributed by atoms with E-state index in [0.29, 0.717) is 6.04 Å². The normalized spacial score (nSPS) is 19.4. The fourth-order valence-electron chi connectivity index (χ4n) is 2.70. The highest BCUT2D eigenvalue weighted by molar-refractivity contribution is 5.54. The Morgan fingerprint density at radius 2 is 2.21 bits per heavy atom. The lowest BCUT2D eigenvalue weighted by molar-refractivity contribution is 0.567. The van der Waals surface area contributed by atoms with E-state index in [1.54, 1.807) is 12.1 Å². The Balaban J connectivity index is 2.14. The van der Waals surface area contributed by atoms with Crippen LogP contribution in [0.1, 0.15) is 39.2 Å². The van der Waals surface area contributed by atoms with Crippen molar-refractivity contribution in [1.29, 1.82) is 0 Å². The molecule has 1 unspecified atom stereocenters. The Morgan fingerprint density at radius 3 is 2.84 bits per heavy atom. The van der Waals surface area contributed by atoms with E-state index in [1.807, 2.05) is 6.07 Å². The molecule has 1 N–H and O–H groups in total. The van der Waals surface area contributed by atoms with Crippen LogP contribution in [0, 0.1) is 11.7 Å². The van der Waals surface area contributed by atoms with Crippen LogP contribution in [0.2, 0.25) is 0 Å². The van der Waals surface area contributed by atoms with E-state index in [9.17, 15) is 4.39 Å². The van der Waals surface area contributed by atoms with E-state index >= 15 is 0 Å². The number of rotatable bonds is 5. The van der Waals surface area contributed by atoms with Crippen LogP contribution in [-0.2, 0) is 6.54 Å². The Kier molecular flexibility index (Phi) is 4.81. The number of nitrogens with one attached hydrogen (secondary N) is 1. The van der Waals surface area contributed by atoms with Gasteiger partial charge in [-0.3, -0.25) is 0 Å². The summed E-state index contributed by atoms with van der Waals surface area (Å²) in [6.07, 6.45) is 2.49. The maximum absolute atomic E-state index is 13.5. The molecule has 2 rings (SSSR count). The summed E-state index contributed by atoms with van der Waals surface area (Å²) < 4.78 is 13.5. The molecular formula is C16H25FN2. The largest absolute Gasteiger partial charge is 0.371 e. The summed E-state index contributed by atoms with van der Waals surface area (Å²) in [5.41, 5.74) is 2.27. The molecule has 3 heteroatoms. The molecule has 0 radical (unpaired) electrons. The fourth-order valence-corrected chi connectivity index (χ4v) is 2.70. The highest BCUT2D eigenvalue weighted by atomic mass is 19.1. The fraction of sp³-hybridized carbons (Fsp3) is 0.625. The van der Waals surface area contributed by atoms with E-state index in [2.05, 4.69) is 31.0 Å². The Morgan fingerprint density at radius 1 is 1.42 bits per heavy atom. The second kappa shape index (κ2) is 6.38. The Hall–Kier alpha value is -1.09. The van der Waals surface area contributed by atoms with E-state index in [0.717, 1.165) is 31.1 Å². The van der Waals surface area contributed by atoms with Crippen molar-refractivity contribution in [3.8, 4) is 0 Å². The highest BCUT2D eigenvalue weighted by Gasteiger charge is 2.23. The maximum Gasteiger partial charge on any atom is 0.123 e. The lowest BCUT2D eigenvalue weighted by Crippen LogP contribution is -2.25. The summed E-state index contributed by atoms with van der Waals surface area (Å²) in [6.45, 7) is 9.41. The molecule has 0 aliphatic carbocycles. The Labute approximate surface area is 116 Å². The van der Waals surface area contributed by atoms with Gasteiger partial charge in [-0.2, -0.15) is 0 Å². The van der Waals surface area contributed by atoms with Gasteiger partial charge in [0.05, 0.1) is 0 Å². The van der Waals surface area contributed by atoms with Crippen LogP contribution in [0.4, 0.5) is 10.1 Å². The van der Waals surface area contributed by atoms with Gasteiger partial charge in [-0.15, -0.1) is 0 Å². The van der Waals surface area contributed by atoms with Crippen LogP contribution in [0.3, 0.4) is 0 Å². The van der Waals surface area contributed by atoms with Crippen molar-refractivity contribution in [3.63, 3.8) is 0 Å². The molecule has 0 bridgehead atoms. The highest BCUT2D eigenvalue weighted by Crippen LogP contribution is 2.29. The van der Waals surface area contributed by atoms with Crippen LogP contribution < -0.4 is 10.2 Å². The lowest BCUT2D eigenvalue weighted by atomic mass is 10.1. The summed E-state index contributed by atoms with van der Waals surface area (Å²) in [4.78, 5) is 2.41. The quantitative estimate of drug-likeness (QED) is 0.874. The molecule has 0 amide bonds. The van der Waals surface area contributed by atoms with Gasteiger partial charge >= 0.3 is 0 Å². The monoisotopic (exact) mass is 264 g/mol. The van der Waals surface area contributed by atoms with Crippen LogP contribution >= 0.6 is 0 Å². The second-order valence-corrected chi connectivity index (χ2v) is 5.82. The molecule has 2 nitrogen and oxygen atoms in total. The van der Waals surface area contributed by atoms with Crippen molar-refractivity contribution in [1.82, 2.24) is 5.32 Å². The first-order valence-electron chi connectivity index (χ1n) is 7.37. The van der Waals surface area contributed by atoms with Crippen molar-refractivity contribution < 1.29 is 4.39 Å². The molecule has 1 aliphatic rings. The predicted octanol–water partition coefficient (Wildman–Crippen LogP) is 3.56. The molecule has 1 heterocycles. The van der Waals surface area contributed by atoms with Gasteiger partial charge in [0.15, 0.2) is 0 Å². The van der Waals surface area contributed by atoms with E-state index in [-0.39, 0.29) is 5.82 Å². The van der Waals surface area contributed by atoms with Crippen molar-refractivity contribution in [3.05, 3.63) is 29.6 Å². The molecule has 0 saturated carbocycles. The van der Waals surface area contributed by atoms with Gasteiger partial charge < -0.3 is 10.2 Å². The van der Waals surface area contributed by atoms with Crippen molar-refractivity contribution in [2.24, 2.45) is 5.92 Å². The minimum absolute atomic E-state index is 0.143. The number of halogens is 1. The minimum atomic E-state index is -0.143. The van der Waals surface area contributed by atoms with Gasteiger partial charge in [0, 0.05) is 31.4 Å². The zero-order valence-corrected chi connectivity index (χ0v) is 12.2. The van der Waals surface area contributed by atoms with E-state index in [4.69, 9.17) is 0 Å². The van der Waals surface area contributed by atoms with E-state index in [1.165, 1.54) is 18.5 Å². The Bertz CT molecular complexity index is 417. The molecule has 1 saturated heterocycles.